The van der Waals surface area contributed by atoms with Gasteiger partial charge in [0.1, 0.15) is 0 Å². The van der Waals surface area contributed by atoms with E-state index in [1.807, 2.05) is 11.0 Å². The number of fused-ring (bicyclic) bond motifs is 1. The lowest BCUT2D eigenvalue weighted by atomic mass is 10.1. The third-order valence-corrected chi connectivity index (χ3v) is 5.74. The van der Waals surface area contributed by atoms with Crippen LogP contribution in [0.4, 0.5) is 0 Å². The topological polar surface area (TPSA) is 83.6 Å². The first kappa shape index (κ1) is 17.3. The Labute approximate surface area is 153 Å². The maximum Gasteiger partial charge on any atom is 0.256 e. The third kappa shape index (κ3) is 3.16. The van der Waals surface area contributed by atoms with Crippen LogP contribution in [0.25, 0.3) is 0 Å². The molecule has 7 nitrogen and oxygen atoms in total. The molecule has 1 atom stereocenters. The third-order valence-electron chi connectivity index (χ3n) is 5.74. The summed E-state index contributed by atoms with van der Waals surface area (Å²) in [4.78, 5) is 31.6. The van der Waals surface area contributed by atoms with Gasteiger partial charge in [-0.3, -0.25) is 9.59 Å². The van der Waals surface area contributed by atoms with E-state index in [2.05, 4.69) is 15.6 Å². The second-order valence-electron chi connectivity index (χ2n) is 7.39. The number of pyridine rings is 1. The lowest BCUT2D eigenvalue weighted by molar-refractivity contribution is -0.122. The van der Waals surface area contributed by atoms with Crippen molar-refractivity contribution in [3.8, 4) is 5.88 Å². The quantitative estimate of drug-likeness (QED) is 0.830. The van der Waals surface area contributed by atoms with Crippen LogP contribution in [-0.2, 0) is 17.9 Å². The summed E-state index contributed by atoms with van der Waals surface area (Å²) in [6.07, 6.45) is 6.41. The minimum atomic E-state index is -0.122. The minimum absolute atomic E-state index is 0.0102. The highest BCUT2D eigenvalue weighted by Crippen LogP contribution is 2.33. The Morgan fingerprint density at radius 1 is 1.35 bits per heavy atom. The van der Waals surface area contributed by atoms with Gasteiger partial charge in [0.05, 0.1) is 31.0 Å². The number of methoxy groups -OCH3 is 1. The molecule has 3 heterocycles. The number of hydrogen-bond donors (Lipinski definition) is 2. The van der Waals surface area contributed by atoms with E-state index >= 15 is 0 Å². The summed E-state index contributed by atoms with van der Waals surface area (Å²) in [5.41, 5.74) is 2.19. The summed E-state index contributed by atoms with van der Waals surface area (Å²) in [6, 6.07) is 2.06. The fourth-order valence-electron chi connectivity index (χ4n) is 4.30. The summed E-state index contributed by atoms with van der Waals surface area (Å²) in [5.74, 6) is 0.542. The van der Waals surface area contributed by atoms with E-state index in [1.54, 1.807) is 7.11 Å². The molecule has 26 heavy (non-hydrogen) atoms. The molecule has 2 N–H and O–H groups in total. The smallest absolute Gasteiger partial charge is 0.256 e. The average Bonchev–Trinajstić information content (AvgIpc) is 3.40. The molecular formula is C19H26N4O3. The number of nitrogens with zero attached hydrogens (tertiary/aromatic N) is 2. The Morgan fingerprint density at radius 3 is 2.85 bits per heavy atom. The van der Waals surface area contributed by atoms with Gasteiger partial charge in [0.2, 0.25) is 11.8 Å². The summed E-state index contributed by atoms with van der Waals surface area (Å²) in [5, 5.41) is 6.13. The Kier molecular flexibility index (Phi) is 4.80. The lowest BCUT2D eigenvalue weighted by Gasteiger charge is -2.22. The summed E-state index contributed by atoms with van der Waals surface area (Å²) in [6.45, 7) is 1.76. The van der Waals surface area contributed by atoms with Crippen molar-refractivity contribution in [1.29, 1.82) is 0 Å². The number of amides is 2. The minimum Gasteiger partial charge on any atom is -0.481 e. The molecule has 1 aromatic heterocycles. The predicted octanol–water partition coefficient (Wildman–Crippen LogP) is 1.36. The van der Waals surface area contributed by atoms with E-state index in [0.29, 0.717) is 30.6 Å². The van der Waals surface area contributed by atoms with Gasteiger partial charge in [-0.15, -0.1) is 0 Å². The first-order valence-corrected chi connectivity index (χ1v) is 9.56. The van der Waals surface area contributed by atoms with Gasteiger partial charge in [-0.05, 0) is 38.3 Å². The highest BCUT2D eigenvalue weighted by molar-refractivity contribution is 5.98. The SMILES string of the molecule is COc1nc2c(cc1CNC(=O)[C@H]1CCCN1)C(=O)N(C1CCCC1)C2. The van der Waals surface area contributed by atoms with Gasteiger partial charge in [0.25, 0.3) is 5.91 Å². The van der Waals surface area contributed by atoms with Gasteiger partial charge in [-0.2, -0.15) is 0 Å². The first-order valence-electron chi connectivity index (χ1n) is 9.56. The normalized spacial score (nSPS) is 22.7. The largest absolute Gasteiger partial charge is 0.481 e. The maximum atomic E-state index is 12.8. The van der Waals surface area contributed by atoms with Gasteiger partial charge < -0.3 is 20.3 Å². The van der Waals surface area contributed by atoms with Gasteiger partial charge in [0, 0.05) is 18.2 Å². The number of ether oxygens (including phenoxy) is 1. The Bertz CT molecular complexity index is 709. The number of carbonyl (C=O) groups is 2. The molecule has 2 amide bonds. The van der Waals surface area contributed by atoms with Crippen molar-refractivity contribution in [2.45, 2.75) is 63.7 Å². The Morgan fingerprint density at radius 2 is 2.15 bits per heavy atom. The molecule has 1 aliphatic carbocycles. The van der Waals surface area contributed by atoms with Crippen LogP contribution in [0.1, 0.15) is 60.1 Å². The number of aromatic nitrogens is 1. The predicted molar refractivity (Wildman–Crippen MR) is 95.8 cm³/mol. The molecule has 1 saturated carbocycles. The van der Waals surface area contributed by atoms with Crippen LogP contribution >= 0.6 is 0 Å². The van der Waals surface area contributed by atoms with Crippen LogP contribution in [0.15, 0.2) is 6.07 Å². The number of rotatable bonds is 5. The van der Waals surface area contributed by atoms with Gasteiger partial charge in [-0.1, -0.05) is 12.8 Å². The van der Waals surface area contributed by atoms with Crippen LogP contribution in [0, 0.1) is 0 Å². The van der Waals surface area contributed by atoms with Crippen molar-refractivity contribution in [3.63, 3.8) is 0 Å². The fraction of sp³-hybridized carbons (Fsp3) is 0.632. The Hall–Kier alpha value is -2.15. The number of nitrogens with one attached hydrogen (secondary N) is 2. The van der Waals surface area contributed by atoms with Crippen LogP contribution < -0.4 is 15.4 Å². The van der Waals surface area contributed by atoms with Gasteiger partial charge >= 0.3 is 0 Å². The molecule has 3 aliphatic rings. The molecule has 0 bridgehead atoms. The van der Waals surface area contributed by atoms with Crippen LogP contribution in [0.3, 0.4) is 0 Å². The molecule has 0 spiro atoms. The first-order chi connectivity index (χ1) is 12.7. The zero-order valence-corrected chi connectivity index (χ0v) is 15.2. The zero-order chi connectivity index (χ0) is 18.1. The maximum absolute atomic E-state index is 12.8. The van der Waals surface area contributed by atoms with Crippen LogP contribution in [0.5, 0.6) is 5.88 Å². The van der Waals surface area contributed by atoms with Crippen LogP contribution in [0.2, 0.25) is 0 Å². The number of carbonyl (C=O) groups excluding carboxylic acids is 2. The van der Waals surface area contributed by atoms with Crippen molar-refractivity contribution in [1.82, 2.24) is 20.5 Å². The van der Waals surface area contributed by atoms with E-state index in [0.717, 1.165) is 43.5 Å². The second-order valence-corrected chi connectivity index (χ2v) is 7.39. The zero-order valence-electron chi connectivity index (χ0n) is 15.2. The monoisotopic (exact) mass is 358 g/mol. The summed E-state index contributed by atoms with van der Waals surface area (Å²) >= 11 is 0. The van der Waals surface area contributed by atoms with Crippen molar-refractivity contribution >= 4 is 11.8 Å². The average molecular weight is 358 g/mol. The van der Waals surface area contributed by atoms with E-state index in [9.17, 15) is 9.59 Å². The molecule has 4 rings (SSSR count). The summed E-state index contributed by atoms with van der Waals surface area (Å²) < 4.78 is 5.42. The molecule has 1 aromatic rings. The second kappa shape index (κ2) is 7.23. The van der Waals surface area contributed by atoms with Gasteiger partial charge in [-0.25, -0.2) is 4.98 Å². The van der Waals surface area contributed by atoms with Crippen molar-refractivity contribution in [2.75, 3.05) is 13.7 Å². The molecule has 140 valence electrons. The highest BCUT2D eigenvalue weighted by Gasteiger charge is 2.36. The van der Waals surface area contributed by atoms with Crippen molar-refractivity contribution in [3.05, 3.63) is 22.9 Å². The van der Waals surface area contributed by atoms with E-state index in [1.165, 1.54) is 12.8 Å². The molecule has 0 aromatic carbocycles. The van der Waals surface area contributed by atoms with E-state index in [-0.39, 0.29) is 17.9 Å². The highest BCUT2D eigenvalue weighted by atomic mass is 16.5. The van der Waals surface area contributed by atoms with Gasteiger partial charge in [0.15, 0.2) is 0 Å². The molecule has 2 aliphatic heterocycles. The molecule has 1 saturated heterocycles. The van der Waals surface area contributed by atoms with E-state index in [4.69, 9.17) is 4.74 Å². The molecule has 0 unspecified atom stereocenters. The molecule has 7 heteroatoms. The fourth-order valence-corrected chi connectivity index (χ4v) is 4.30. The van der Waals surface area contributed by atoms with E-state index < -0.39 is 0 Å². The molecule has 0 radical (unpaired) electrons. The number of hydrogen-bond acceptors (Lipinski definition) is 5. The molecular weight excluding hydrogens is 332 g/mol. The lowest BCUT2D eigenvalue weighted by Crippen LogP contribution is -2.40. The Balaban J connectivity index is 1.50. The van der Waals surface area contributed by atoms with Crippen molar-refractivity contribution in [2.24, 2.45) is 0 Å². The van der Waals surface area contributed by atoms with Crippen LogP contribution in [-0.4, -0.2) is 47.4 Å². The standard InChI is InChI=1S/C19H26N4O3/c1-26-18-12(10-21-17(24)15-7-4-8-20-15)9-14-16(22-18)11-23(19(14)25)13-5-2-3-6-13/h9,13,15,20H,2-8,10-11H2,1H3,(H,21,24)/t15-/m1/s1. The summed E-state index contributed by atoms with van der Waals surface area (Å²) in [7, 11) is 1.57. The van der Waals surface area contributed by atoms with Crippen molar-refractivity contribution < 1.29 is 14.3 Å². The molecule has 2 fully saturated rings.